The third-order valence-electron chi connectivity index (χ3n) is 3.05. The van der Waals surface area contributed by atoms with Crippen LogP contribution < -0.4 is 4.90 Å². The Labute approximate surface area is 119 Å². The molecule has 6 heteroatoms. The summed E-state index contributed by atoms with van der Waals surface area (Å²) in [4.78, 5) is 12.8. The number of carboxylic acids is 1. The van der Waals surface area contributed by atoms with Gasteiger partial charge in [0.1, 0.15) is 0 Å². The molecule has 1 fully saturated rings. The Kier molecular flexibility index (Phi) is 4.10. The van der Waals surface area contributed by atoms with Crippen LogP contribution in [0, 0.1) is 5.82 Å². The van der Waals surface area contributed by atoms with Gasteiger partial charge in [0.25, 0.3) is 0 Å². The highest BCUT2D eigenvalue weighted by Crippen LogP contribution is 2.31. The lowest BCUT2D eigenvalue weighted by molar-refractivity contribution is -0.00541. The van der Waals surface area contributed by atoms with Crippen LogP contribution >= 0.6 is 15.9 Å². The van der Waals surface area contributed by atoms with Gasteiger partial charge in [-0.15, -0.1) is 0 Å². The minimum Gasteiger partial charge on any atom is -0.478 e. The molecule has 4 nitrogen and oxygen atoms in total. The van der Waals surface area contributed by atoms with Crippen molar-refractivity contribution in [2.24, 2.45) is 0 Å². The van der Waals surface area contributed by atoms with Crippen LogP contribution in [0.3, 0.4) is 0 Å². The van der Waals surface area contributed by atoms with E-state index in [1.54, 1.807) is 0 Å². The molecule has 1 heterocycles. The monoisotopic (exact) mass is 331 g/mol. The molecule has 0 spiro atoms. The summed E-state index contributed by atoms with van der Waals surface area (Å²) in [5.74, 6) is -1.69. The van der Waals surface area contributed by atoms with E-state index in [2.05, 4.69) is 15.9 Å². The molecule has 104 valence electrons. The predicted molar refractivity (Wildman–Crippen MR) is 73.3 cm³/mol. The van der Waals surface area contributed by atoms with E-state index >= 15 is 0 Å². The van der Waals surface area contributed by atoms with E-state index < -0.39 is 11.8 Å². The van der Waals surface area contributed by atoms with Crippen LogP contribution in [0.4, 0.5) is 10.1 Å². The maximum atomic E-state index is 14.3. The molecule has 1 N–H and O–H groups in total. The summed E-state index contributed by atoms with van der Waals surface area (Å²) in [6.07, 6.45) is 0.0298. The van der Waals surface area contributed by atoms with Crippen LogP contribution in [0.2, 0.25) is 0 Å². The highest BCUT2D eigenvalue weighted by molar-refractivity contribution is 9.10. The van der Waals surface area contributed by atoms with E-state index in [-0.39, 0.29) is 22.2 Å². The molecular formula is C13H15BrFNO3. The largest absolute Gasteiger partial charge is 0.478 e. The lowest BCUT2D eigenvalue weighted by atomic mass is 10.1. The second-order valence-electron chi connectivity index (χ2n) is 4.73. The van der Waals surface area contributed by atoms with Crippen molar-refractivity contribution in [1.82, 2.24) is 0 Å². The highest BCUT2D eigenvalue weighted by Gasteiger charge is 2.26. The van der Waals surface area contributed by atoms with Crippen molar-refractivity contribution in [2.75, 3.05) is 18.0 Å². The maximum absolute atomic E-state index is 14.3. The Morgan fingerprint density at radius 1 is 1.42 bits per heavy atom. The van der Waals surface area contributed by atoms with E-state index in [4.69, 9.17) is 9.84 Å². The van der Waals surface area contributed by atoms with Gasteiger partial charge in [0.2, 0.25) is 0 Å². The SMILES string of the molecule is CC1CN(c2ccc(C(=O)O)c(Br)c2F)CC(C)O1. The topological polar surface area (TPSA) is 49.8 Å². The standard InChI is InChI=1S/C13H15BrFNO3/c1-7-5-16(6-8(2)19-7)10-4-3-9(13(17)18)11(14)12(10)15/h3-4,7-8H,5-6H2,1-2H3,(H,17,18). The molecule has 1 aromatic rings. The zero-order valence-corrected chi connectivity index (χ0v) is 12.3. The number of anilines is 1. The summed E-state index contributed by atoms with van der Waals surface area (Å²) in [7, 11) is 0. The average Bonchev–Trinajstić information content (AvgIpc) is 2.30. The fourth-order valence-corrected chi connectivity index (χ4v) is 2.83. The highest BCUT2D eigenvalue weighted by atomic mass is 79.9. The first kappa shape index (κ1) is 14.3. The smallest absolute Gasteiger partial charge is 0.336 e. The van der Waals surface area contributed by atoms with Gasteiger partial charge in [0, 0.05) is 13.1 Å². The third kappa shape index (κ3) is 2.90. The van der Waals surface area contributed by atoms with Gasteiger partial charge >= 0.3 is 5.97 Å². The Hall–Kier alpha value is -1.14. The Morgan fingerprint density at radius 2 is 2.00 bits per heavy atom. The number of hydrogen-bond donors (Lipinski definition) is 1. The van der Waals surface area contributed by atoms with Gasteiger partial charge in [-0.25, -0.2) is 9.18 Å². The van der Waals surface area contributed by atoms with Crippen LogP contribution in [-0.2, 0) is 4.74 Å². The first-order chi connectivity index (χ1) is 8.90. The number of carbonyl (C=O) groups is 1. The normalized spacial score (nSPS) is 23.5. The summed E-state index contributed by atoms with van der Waals surface area (Å²) >= 11 is 3.01. The lowest BCUT2D eigenvalue weighted by Gasteiger charge is -2.37. The molecule has 2 rings (SSSR count). The zero-order valence-electron chi connectivity index (χ0n) is 10.7. The van der Waals surface area contributed by atoms with Gasteiger partial charge in [0.05, 0.1) is 27.9 Å². The summed E-state index contributed by atoms with van der Waals surface area (Å²) in [5.41, 5.74) is 0.328. The van der Waals surface area contributed by atoms with E-state index in [0.29, 0.717) is 18.8 Å². The molecule has 0 aliphatic carbocycles. The molecule has 0 saturated carbocycles. The summed E-state index contributed by atoms with van der Waals surface area (Å²) in [6.45, 7) is 5.03. The molecular weight excluding hydrogens is 317 g/mol. The fourth-order valence-electron chi connectivity index (χ4n) is 2.32. The number of aromatic carboxylic acids is 1. The Morgan fingerprint density at radius 3 is 2.53 bits per heavy atom. The first-order valence-corrected chi connectivity index (χ1v) is 6.81. The van der Waals surface area contributed by atoms with Crippen LogP contribution in [0.1, 0.15) is 24.2 Å². The molecule has 1 aliphatic rings. The second kappa shape index (κ2) is 5.46. The number of nitrogens with zero attached hydrogens (tertiary/aromatic N) is 1. The Bertz CT molecular complexity index is 499. The van der Waals surface area contributed by atoms with Gasteiger partial charge in [0.15, 0.2) is 5.82 Å². The van der Waals surface area contributed by atoms with Crippen molar-refractivity contribution in [3.8, 4) is 0 Å². The summed E-state index contributed by atoms with van der Waals surface area (Å²) in [6, 6.07) is 2.92. The Balaban J connectivity index is 2.35. The molecule has 2 unspecified atom stereocenters. The molecule has 0 aromatic heterocycles. The minimum atomic E-state index is -1.15. The van der Waals surface area contributed by atoms with Crippen LogP contribution in [0.5, 0.6) is 0 Å². The molecule has 2 atom stereocenters. The fraction of sp³-hybridized carbons (Fsp3) is 0.462. The van der Waals surface area contributed by atoms with E-state index in [1.807, 2.05) is 18.7 Å². The van der Waals surface area contributed by atoms with Crippen LogP contribution in [-0.4, -0.2) is 36.4 Å². The number of rotatable bonds is 2. The third-order valence-corrected chi connectivity index (χ3v) is 3.83. The minimum absolute atomic E-state index is 0.00991. The molecule has 1 aromatic carbocycles. The van der Waals surface area contributed by atoms with Crippen LogP contribution in [0.15, 0.2) is 16.6 Å². The quantitative estimate of drug-likeness (QED) is 0.905. The van der Waals surface area contributed by atoms with Crippen molar-refractivity contribution in [3.05, 3.63) is 28.0 Å². The predicted octanol–water partition coefficient (Wildman–Crippen LogP) is 2.90. The van der Waals surface area contributed by atoms with Gasteiger partial charge in [-0.05, 0) is 41.9 Å². The van der Waals surface area contributed by atoms with E-state index in [9.17, 15) is 9.18 Å². The zero-order chi connectivity index (χ0) is 14.2. The first-order valence-electron chi connectivity index (χ1n) is 6.02. The molecule has 0 radical (unpaired) electrons. The van der Waals surface area contributed by atoms with Crippen LogP contribution in [0.25, 0.3) is 0 Å². The second-order valence-corrected chi connectivity index (χ2v) is 5.52. The summed E-state index contributed by atoms with van der Waals surface area (Å²) < 4.78 is 19.9. The van der Waals surface area contributed by atoms with Gasteiger partial charge in [-0.3, -0.25) is 0 Å². The number of ether oxygens (including phenoxy) is 1. The average molecular weight is 332 g/mol. The van der Waals surface area contributed by atoms with Crippen molar-refractivity contribution in [1.29, 1.82) is 0 Å². The molecule has 1 saturated heterocycles. The van der Waals surface area contributed by atoms with E-state index in [1.165, 1.54) is 12.1 Å². The molecule has 19 heavy (non-hydrogen) atoms. The van der Waals surface area contributed by atoms with Gasteiger partial charge in [-0.1, -0.05) is 0 Å². The number of benzene rings is 1. The van der Waals surface area contributed by atoms with Crippen molar-refractivity contribution in [2.45, 2.75) is 26.1 Å². The van der Waals surface area contributed by atoms with Gasteiger partial charge in [-0.2, -0.15) is 0 Å². The maximum Gasteiger partial charge on any atom is 0.336 e. The van der Waals surface area contributed by atoms with Gasteiger partial charge < -0.3 is 14.7 Å². The van der Waals surface area contributed by atoms with Crippen molar-refractivity contribution < 1.29 is 19.0 Å². The van der Waals surface area contributed by atoms with Crippen molar-refractivity contribution >= 4 is 27.6 Å². The number of halogens is 2. The van der Waals surface area contributed by atoms with E-state index in [0.717, 1.165) is 0 Å². The number of hydrogen-bond acceptors (Lipinski definition) is 3. The van der Waals surface area contributed by atoms with Crippen molar-refractivity contribution in [3.63, 3.8) is 0 Å². The lowest BCUT2D eigenvalue weighted by Crippen LogP contribution is -2.45. The molecule has 0 bridgehead atoms. The number of morpholine rings is 1. The molecule has 0 amide bonds. The number of carboxylic acid groups (broad SMARTS) is 1. The summed E-state index contributed by atoms with van der Waals surface area (Å²) in [5, 5.41) is 8.95. The molecule has 1 aliphatic heterocycles.